The molecule has 0 spiro atoms. The Hall–Kier alpha value is -2.71. The largest absolute Gasteiger partial charge is 0.452 e. The minimum Gasteiger partial charge on any atom is -0.452 e. The Morgan fingerprint density at radius 2 is 1.96 bits per heavy atom. The van der Waals surface area contributed by atoms with E-state index < -0.39 is 34.1 Å². The molecule has 2 aromatic rings. The lowest BCUT2D eigenvalue weighted by atomic mass is 10.2. The molecule has 0 aromatic heterocycles. The molecule has 0 heterocycles. The molecule has 0 radical (unpaired) electrons. The van der Waals surface area contributed by atoms with E-state index in [0.717, 1.165) is 12.3 Å². The zero-order chi connectivity index (χ0) is 20.0. The Labute approximate surface area is 160 Å². The summed E-state index contributed by atoms with van der Waals surface area (Å²) in [6.07, 6.45) is 3.42. The molecule has 142 valence electrons. The summed E-state index contributed by atoms with van der Waals surface area (Å²) in [5, 5.41) is 2.51. The smallest absolute Gasteiger partial charge is 0.331 e. The maximum absolute atomic E-state index is 13.0. The van der Waals surface area contributed by atoms with E-state index >= 15 is 0 Å². The van der Waals surface area contributed by atoms with Gasteiger partial charge in [-0.3, -0.25) is 4.79 Å². The Kier molecular flexibility index (Phi) is 6.70. The van der Waals surface area contributed by atoms with Gasteiger partial charge < -0.3 is 10.1 Å². The van der Waals surface area contributed by atoms with E-state index in [1.807, 2.05) is 0 Å². The van der Waals surface area contributed by atoms with Gasteiger partial charge in [0.15, 0.2) is 16.4 Å². The fourth-order valence-electron chi connectivity index (χ4n) is 1.98. The van der Waals surface area contributed by atoms with Gasteiger partial charge in [-0.05, 0) is 42.0 Å². The summed E-state index contributed by atoms with van der Waals surface area (Å²) in [5.74, 6) is -1.95. The second-order valence-corrected chi connectivity index (χ2v) is 7.88. The normalized spacial score (nSPS) is 11.4. The first-order valence-electron chi connectivity index (χ1n) is 7.55. The van der Waals surface area contributed by atoms with Crippen LogP contribution in [-0.2, 0) is 24.2 Å². The molecule has 0 saturated carbocycles. The van der Waals surface area contributed by atoms with E-state index in [1.165, 1.54) is 42.5 Å². The number of carbonyl (C=O) groups excluding carboxylic acids is 2. The number of hydrogen-bond acceptors (Lipinski definition) is 5. The summed E-state index contributed by atoms with van der Waals surface area (Å²) < 4.78 is 40.9. The highest BCUT2D eigenvalue weighted by Gasteiger charge is 2.13. The number of esters is 1. The van der Waals surface area contributed by atoms with E-state index in [0.29, 0.717) is 5.56 Å². The first kappa shape index (κ1) is 20.6. The lowest BCUT2D eigenvalue weighted by Crippen LogP contribution is -2.20. The highest BCUT2D eigenvalue weighted by Crippen LogP contribution is 2.25. The number of halogens is 2. The van der Waals surface area contributed by atoms with Crippen molar-refractivity contribution in [1.29, 1.82) is 0 Å². The molecule has 0 bridgehead atoms. The third kappa shape index (κ3) is 6.50. The third-order valence-corrected chi connectivity index (χ3v) is 4.69. The number of hydrogen-bond donors (Lipinski definition) is 1. The second kappa shape index (κ2) is 8.79. The molecule has 0 aliphatic rings. The van der Waals surface area contributed by atoms with Gasteiger partial charge in [-0.25, -0.2) is 17.6 Å². The van der Waals surface area contributed by atoms with Crippen LogP contribution in [0.3, 0.4) is 0 Å². The van der Waals surface area contributed by atoms with Gasteiger partial charge in [-0.15, -0.1) is 0 Å². The van der Waals surface area contributed by atoms with Crippen molar-refractivity contribution in [2.24, 2.45) is 0 Å². The molecule has 2 aromatic carbocycles. The minimum atomic E-state index is -3.47. The standard InChI is InChI=1S/C18H15ClFNO5S/c1-27(24,25)14-6-7-15(19)16(10-14)21-17(22)11-26-18(23)8-5-12-3-2-4-13(20)9-12/h2-10H,11H2,1H3,(H,21,22)/b8-5+. The molecule has 1 N–H and O–H groups in total. The summed E-state index contributed by atoms with van der Waals surface area (Å²) in [6.45, 7) is -0.605. The zero-order valence-corrected chi connectivity index (χ0v) is 15.7. The van der Waals surface area contributed by atoms with Crippen LogP contribution >= 0.6 is 11.6 Å². The molecule has 1 amide bonds. The number of ether oxygens (including phenoxy) is 1. The van der Waals surface area contributed by atoms with Crippen LogP contribution in [0.4, 0.5) is 10.1 Å². The van der Waals surface area contributed by atoms with Crippen molar-refractivity contribution in [1.82, 2.24) is 0 Å². The van der Waals surface area contributed by atoms with E-state index in [2.05, 4.69) is 5.32 Å². The van der Waals surface area contributed by atoms with E-state index in [4.69, 9.17) is 16.3 Å². The number of carbonyl (C=O) groups is 2. The zero-order valence-electron chi connectivity index (χ0n) is 14.1. The highest BCUT2D eigenvalue weighted by molar-refractivity contribution is 7.90. The number of anilines is 1. The first-order chi connectivity index (χ1) is 12.6. The van der Waals surface area contributed by atoms with Crippen LogP contribution in [0.25, 0.3) is 6.08 Å². The Bertz CT molecular complexity index is 1000. The summed E-state index contributed by atoms with van der Waals surface area (Å²) in [5.41, 5.74) is 0.539. The number of sulfone groups is 1. The predicted molar refractivity (Wildman–Crippen MR) is 99.6 cm³/mol. The predicted octanol–water partition coefficient (Wildman–Crippen LogP) is 3.08. The van der Waals surface area contributed by atoms with Crippen LogP contribution in [-0.4, -0.2) is 33.2 Å². The molecule has 6 nitrogen and oxygen atoms in total. The Morgan fingerprint density at radius 3 is 2.63 bits per heavy atom. The van der Waals surface area contributed by atoms with Gasteiger partial charge in [0.25, 0.3) is 5.91 Å². The maximum atomic E-state index is 13.0. The van der Waals surface area contributed by atoms with Gasteiger partial charge in [-0.1, -0.05) is 23.7 Å². The highest BCUT2D eigenvalue weighted by atomic mass is 35.5. The monoisotopic (exact) mass is 411 g/mol. The summed E-state index contributed by atoms with van der Waals surface area (Å²) in [7, 11) is -3.47. The van der Waals surface area contributed by atoms with Crippen LogP contribution in [0.15, 0.2) is 53.4 Å². The summed E-state index contributed by atoms with van der Waals surface area (Å²) in [4.78, 5) is 23.5. The van der Waals surface area contributed by atoms with Crippen molar-refractivity contribution < 1.29 is 27.1 Å². The Morgan fingerprint density at radius 1 is 1.22 bits per heavy atom. The molecule has 0 atom stereocenters. The molecule has 2 rings (SSSR count). The SMILES string of the molecule is CS(=O)(=O)c1ccc(Cl)c(NC(=O)COC(=O)/C=C/c2cccc(F)c2)c1. The van der Waals surface area contributed by atoms with E-state index in [-0.39, 0.29) is 15.6 Å². The van der Waals surface area contributed by atoms with Gasteiger partial charge in [0, 0.05) is 12.3 Å². The van der Waals surface area contributed by atoms with Gasteiger partial charge in [0.2, 0.25) is 0 Å². The van der Waals surface area contributed by atoms with Crippen molar-refractivity contribution in [2.75, 3.05) is 18.2 Å². The number of benzene rings is 2. The number of nitrogens with one attached hydrogen (secondary N) is 1. The van der Waals surface area contributed by atoms with Crippen LogP contribution in [0.2, 0.25) is 5.02 Å². The lowest BCUT2D eigenvalue weighted by molar-refractivity contribution is -0.142. The average molecular weight is 412 g/mol. The number of rotatable bonds is 6. The summed E-state index contributed by atoms with van der Waals surface area (Å²) in [6, 6.07) is 9.43. The van der Waals surface area contributed by atoms with Crippen LogP contribution in [0, 0.1) is 5.82 Å². The minimum absolute atomic E-state index is 0.0165. The lowest BCUT2D eigenvalue weighted by Gasteiger charge is -2.09. The van der Waals surface area contributed by atoms with Crippen LogP contribution in [0.5, 0.6) is 0 Å². The molecule has 9 heteroatoms. The van der Waals surface area contributed by atoms with Gasteiger partial charge in [-0.2, -0.15) is 0 Å². The molecule has 0 aliphatic carbocycles. The second-order valence-electron chi connectivity index (χ2n) is 5.46. The molecular formula is C18H15ClFNO5S. The molecular weight excluding hydrogens is 397 g/mol. The van der Waals surface area contributed by atoms with Crippen molar-refractivity contribution in [3.8, 4) is 0 Å². The van der Waals surface area contributed by atoms with Gasteiger partial charge >= 0.3 is 5.97 Å². The molecule has 27 heavy (non-hydrogen) atoms. The first-order valence-corrected chi connectivity index (χ1v) is 9.82. The number of amides is 1. The fraction of sp³-hybridized carbons (Fsp3) is 0.111. The van der Waals surface area contributed by atoms with Crippen LogP contribution < -0.4 is 5.32 Å². The van der Waals surface area contributed by atoms with Gasteiger partial charge in [0.05, 0.1) is 15.6 Å². The molecule has 0 saturated heterocycles. The van der Waals surface area contributed by atoms with Crippen molar-refractivity contribution in [3.63, 3.8) is 0 Å². The quantitative estimate of drug-likeness (QED) is 0.582. The molecule has 0 unspecified atom stereocenters. The third-order valence-electron chi connectivity index (χ3n) is 3.25. The summed E-state index contributed by atoms with van der Waals surface area (Å²) >= 11 is 5.92. The van der Waals surface area contributed by atoms with Crippen molar-refractivity contribution >= 4 is 45.1 Å². The van der Waals surface area contributed by atoms with Crippen molar-refractivity contribution in [2.45, 2.75) is 4.90 Å². The van der Waals surface area contributed by atoms with Crippen LogP contribution in [0.1, 0.15) is 5.56 Å². The fourth-order valence-corrected chi connectivity index (χ4v) is 2.79. The van der Waals surface area contributed by atoms with E-state index in [9.17, 15) is 22.4 Å². The van der Waals surface area contributed by atoms with Gasteiger partial charge in [0.1, 0.15) is 5.82 Å². The topological polar surface area (TPSA) is 89.5 Å². The molecule has 0 aliphatic heterocycles. The van der Waals surface area contributed by atoms with E-state index in [1.54, 1.807) is 6.07 Å². The molecule has 0 fully saturated rings. The Balaban J connectivity index is 1.93. The average Bonchev–Trinajstić information content (AvgIpc) is 2.59. The maximum Gasteiger partial charge on any atom is 0.331 e. The van der Waals surface area contributed by atoms with Crippen molar-refractivity contribution in [3.05, 3.63) is 64.9 Å².